The molecule has 8 heteroatoms. The van der Waals surface area contributed by atoms with Gasteiger partial charge in [-0.25, -0.2) is 5.01 Å². The lowest BCUT2D eigenvalue weighted by molar-refractivity contribution is -0.127. The molecular formula is C25H22N4O3S. The summed E-state index contributed by atoms with van der Waals surface area (Å²) in [6, 6.07) is 26.0. The third kappa shape index (κ3) is 5.07. The molecule has 2 N–H and O–H groups in total. The van der Waals surface area contributed by atoms with E-state index in [1.807, 2.05) is 36.4 Å². The second-order valence-corrected chi connectivity index (χ2v) is 7.82. The van der Waals surface area contributed by atoms with Crippen LogP contribution in [0.25, 0.3) is 0 Å². The van der Waals surface area contributed by atoms with Crippen molar-refractivity contribution in [2.45, 2.75) is 19.0 Å². The van der Waals surface area contributed by atoms with Crippen molar-refractivity contribution in [1.29, 1.82) is 0 Å². The maximum atomic E-state index is 13.3. The zero-order valence-electron chi connectivity index (χ0n) is 17.7. The van der Waals surface area contributed by atoms with Crippen molar-refractivity contribution < 1.29 is 14.4 Å². The smallest absolute Gasteiger partial charge is 0.269 e. The number of para-hydroxylation sites is 1. The predicted molar refractivity (Wildman–Crippen MR) is 129 cm³/mol. The first-order chi connectivity index (χ1) is 16.0. The number of nitrogens with one attached hydrogen (secondary N) is 2. The number of hydrogen-bond acceptors (Lipinski definition) is 4. The number of carbonyl (C=O) groups excluding carboxylic acids is 3. The summed E-state index contributed by atoms with van der Waals surface area (Å²) in [5, 5.41) is 4.24. The van der Waals surface area contributed by atoms with Crippen LogP contribution in [0.1, 0.15) is 22.3 Å². The van der Waals surface area contributed by atoms with Gasteiger partial charge in [-0.3, -0.25) is 24.7 Å². The van der Waals surface area contributed by atoms with Crippen LogP contribution in [-0.4, -0.2) is 33.9 Å². The van der Waals surface area contributed by atoms with E-state index in [4.69, 9.17) is 12.2 Å². The van der Waals surface area contributed by atoms with Gasteiger partial charge in [0.25, 0.3) is 11.8 Å². The fourth-order valence-electron chi connectivity index (χ4n) is 3.52. The molecule has 1 atom stereocenters. The molecule has 0 aliphatic carbocycles. The van der Waals surface area contributed by atoms with E-state index in [1.54, 1.807) is 54.6 Å². The molecule has 0 aromatic heterocycles. The van der Waals surface area contributed by atoms with Gasteiger partial charge in [-0.15, -0.1) is 0 Å². The molecule has 0 spiro atoms. The summed E-state index contributed by atoms with van der Waals surface area (Å²) in [7, 11) is 0. The number of nitrogens with zero attached hydrogens (tertiary/aromatic N) is 2. The van der Waals surface area contributed by atoms with Gasteiger partial charge in [0.05, 0.1) is 12.1 Å². The minimum atomic E-state index is -0.971. The van der Waals surface area contributed by atoms with Crippen LogP contribution < -0.4 is 15.6 Å². The molecule has 33 heavy (non-hydrogen) atoms. The normalized spacial score (nSPS) is 15.5. The Morgan fingerprint density at radius 1 is 0.848 bits per heavy atom. The molecule has 0 saturated carbocycles. The zero-order chi connectivity index (χ0) is 23.2. The highest BCUT2D eigenvalue weighted by atomic mass is 32.1. The van der Waals surface area contributed by atoms with E-state index in [0.717, 1.165) is 5.56 Å². The number of carbonyl (C=O) groups is 3. The third-order valence-electron chi connectivity index (χ3n) is 5.20. The first kappa shape index (κ1) is 22.2. The van der Waals surface area contributed by atoms with Crippen LogP contribution in [0.5, 0.6) is 0 Å². The van der Waals surface area contributed by atoms with Gasteiger partial charge in [-0.05, 0) is 42.0 Å². The Bertz CT molecular complexity index is 1160. The first-order valence-electron chi connectivity index (χ1n) is 10.4. The zero-order valence-corrected chi connectivity index (χ0v) is 18.5. The monoisotopic (exact) mass is 458 g/mol. The molecule has 4 rings (SSSR count). The molecule has 0 radical (unpaired) electrons. The molecular weight excluding hydrogens is 436 g/mol. The fourth-order valence-corrected chi connectivity index (χ4v) is 3.89. The van der Waals surface area contributed by atoms with E-state index in [-0.39, 0.29) is 23.3 Å². The fraction of sp³-hybridized carbons (Fsp3) is 0.120. The minimum absolute atomic E-state index is 0.108. The van der Waals surface area contributed by atoms with E-state index < -0.39 is 11.9 Å². The molecule has 1 aliphatic heterocycles. The van der Waals surface area contributed by atoms with Crippen LogP contribution in [-0.2, 0) is 16.1 Å². The quantitative estimate of drug-likeness (QED) is 0.532. The van der Waals surface area contributed by atoms with Crippen LogP contribution in [0, 0.1) is 0 Å². The number of amides is 3. The molecule has 1 fully saturated rings. The maximum Gasteiger partial charge on any atom is 0.269 e. The molecule has 3 aromatic rings. The summed E-state index contributed by atoms with van der Waals surface area (Å²) in [6.45, 7) is 0.337. The number of hydrazine groups is 1. The third-order valence-corrected chi connectivity index (χ3v) is 5.58. The van der Waals surface area contributed by atoms with E-state index in [1.165, 1.54) is 9.91 Å². The second-order valence-electron chi connectivity index (χ2n) is 7.45. The summed E-state index contributed by atoms with van der Waals surface area (Å²) >= 11 is 5.55. The van der Waals surface area contributed by atoms with Crippen molar-refractivity contribution in [2.75, 3.05) is 4.90 Å². The molecule has 0 unspecified atom stereocenters. The Kier molecular flexibility index (Phi) is 6.75. The lowest BCUT2D eigenvalue weighted by Gasteiger charge is -2.24. The van der Waals surface area contributed by atoms with Gasteiger partial charge in [0.15, 0.2) is 0 Å². The highest BCUT2D eigenvalue weighted by Crippen LogP contribution is 2.26. The van der Waals surface area contributed by atoms with Gasteiger partial charge < -0.3 is 5.32 Å². The van der Waals surface area contributed by atoms with Crippen LogP contribution >= 0.6 is 12.2 Å². The van der Waals surface area contributed by atoms with Crippen molar-refractivity contribution in [3.05, 3.63) is 102 Å². The van der Waals surface area contributed by atoms with Crippen molar-refractivity contribution in [2.24, 2.45) is 0 Å². The first-order valence-corrected chi connectivity index (χ1v) is 10.8. The van der Waals surface area contributed by atoms with Crippen LogP contribution in [0.15, 0.2) is 91.0 Å². The van der Waals surface area contributed by atoms with Crippen LogP contribution in [0.3, 0.4) is 0 Å². The molecule has 1 heterocycles. The average molecular weight is 459 g/mol. The van der Waals surface area contributed by atoms with E-state index in [0.29, 0.717) is 17.8 Å². The molecule has 1 saturated heterocycles. The average Bonchev–Trinajstić information content (AvgIpc) is 3.08. The molecule has 166 valence electrons. The summed E-state index contributed by atoms with van der Waals surface area (Å²) in [5.41, 5.74) is 4.64. The molecule has 7 nitrogen and oxygen atoms in total. The second kappa shape index (κ2) is 10.1. The van der Waals surface area contributed by atoms with Gasteiger partial charge in [0.2, 0.25) is 11.0 Å². The lowest BCUT2D eigenvalue weighted by Crippen LogP contribution is -2.50. The van der Waals surface area contributed by atoms with Crippen molar-refractivity contribution >= 4 is 40.7 Å². The van der Waals surface area contributed by atoms with Gasteiger partial charge in [-0.1, -0.05) is 66.7 Å². The van der Waals surface area contributed by atoms with Crippen LogP contribution in [0.4, 0.5) is 5.69 Å². The van der Waals surface area contributed by atoms with Gasteiger partial charge in [-0.2, -0.15) is 0 Å². The largest absolute Gasteiger partial charge is 0.352 e. The Morgan fingerprint density at radius 3 is 2.06 bits per heavy atom. The lowest BCUT2D eigenvalue weighted by atomic mass is 10.1. The highest BCUT2D eigenvalue weighted by molar-refractivity contribution is 7.80. The molecule has 3 amide bonds. The number of rotatable bonds is 7. The number of benzene rings is 3. The summed E-state index contributed by atoms with van der Waals surface area (Å²) in [4.78, 5) is 40.2. The topological polar surface area (TPSA) is 81.8 Å². The molecule has 0 bridgehead atoms. The molecule has 3 aromatic carbocycles. The van der Waals surface area contributed by atoms with Crippen molar-refractivity contribution in [3.8, 4) is 0 Å². The van der Waals surface area contributed by atoms with Gasteiger partial charge in [0.1, 0.15) is 6.04 Å². The summed E-state index contributed by atoms with van der Waals surface area (Å²) < 4.78 is 0. The highest BCUT2D eigenvalue weighted by Gasteiger charge is 2.45. The SMILES string of the molecule is O=C(C[C@H]1C(=O)N(c2ccccc2)C(=S)N1NC(=O)c1ccccc1)NCc1ccccc1. The Labute approximate surface area is 197 Å². The van der Waals surface area contributed by atoms with Gasteiger partial charge >= 0.3 is 0 Å². The number of anilines is 1. The predicted octanol–water partition coefficient (Wildman–Crippen LogP) is 3.04. The molecule has 1 aliphatic rings. The number of thiocarbonyl (C=S) groups is 1. The summed E-state index contributed by atoms with van der Waals surface area (Å²) in [6.07, 6.45) is -0.162. The number of hydrogen-bond donors (Lipinski definition) is 2. The van der Waals surface area contributed by atoms with E-state index in [2.05, 4.69) is 10.7 Å². The Hall–Kier alpha value is -4.04. The van der Waals surface area contributed by atoms with Gasteiger partial charge in [0, 0.05) is 12.1 Å². The van der Waals surface area contributed by atoms with Crippen LogP contribution in [0.2, 0.25) is 0 Å². The van der Waals surface area contributed by atoms with Crippen molar-refractivity contribution in [3.63, 3.8) is 0 Å². The van der Waals surface area contributed by atoms with E-state index in [9.17, 15) is 14.4 Å². The van der Waals surface area contributed by atoms with E-state index >= 15 is 0 Å². The Morgan fingerprint density at radius 2 is 1.42 bits per heavy atom. The van der Waals surface area contributed by atoms with Crippen molar-refractivity contribution in [1.82, 2.24) is 15.8 Å². The standard InChI is InChI=1S/C25H22N4O3S/c30-22(26-17-18-10-4-1-5-11-18)16-21-24(32)28(20-14-8-3-9-15-20)25(33)29(21)27-23(31)19-12-6-2-7-13-19/h1-15,21H,16-17H2,(H,26,30)(H,27,31)/t21-/m0/s1. The maximum absolute atomic E-state index is 13.3. The minimum Gasteiger partial charge on any atom is -0.352 e. The summed E-state index contributed by atoms with van der Waals surface area (Å²) in [5.74, 6) is -1.13. The Balaban J connectivity index is 1.54.